The summed E-state index contributed by atoms with van der Waals surface area (Å²) in [5.41, 5.74) is 1.16. The average Bonchev–Trinajstić information content (AvgIpc) is 2.78. The highest BCUT2D eigenvalue weighted by atomic mass is 32.1. The van der Waals surface area contributed by atoms with E-state index in [1.54, 1.807) is 11.3 Å². The molecule has 0 spiro atoms. The summed E-state index contributed by atoms with van der Waals surface area (Å²) >= 11 is 1.69. The number of nitrogens with zero attached hydrogens (tertiary/aromatic N) is 2. The topological polar surface area (TPSA) is 33.2 Å². The molecule has 1 unspecified atom stereocenters. The van der Waals surface area contributed by atoms with Crippen LogP contribution in [0.25, 0.3) is 0 Å². The molecule has 1 aliphatic heterocycles. The summed E-state index contributed by atoms with van der Waals surface area (Å²) in [4.78, 5) is 17.5. The number of thiazole rings is 1. The molecule has 0 aromatic carbocycles. The first kappa shape index (κ1) is 10.6. The van der Waals surface area contributed by atoms with Gasteiger partial charge in [0.1, 0.15) is 6.29 Å². The van der Waals surface area contributed by atoms with Gasteiger partial charge >= 0.3 is 0 Å². The minimum Gasteiger partial charge on any atom is -0.347 e. The van der Waals surface area contributed by atoms with Gasteiger partial charge in [-0.25, -0.2) is 4.98 Å². The van der Waals surface area contributed by atoms with Crippen LogP contribution in [0.4, 0.5) is 5.13 Å². The number of carbonyl (C=O) groups excluding carboxylic acids is 1. The van der Waals surface area contributed by atoms with Crippen LogP contribution < -0.4 is 4.90 Å². The second-order valence-corrected chi connectivity index (χ2v) is 4.80. The average molecular weight is 224 g/mol. The van der Waals surface area contributed by atoms with E-state index in [0.717, 1.165) is 49.5 Å². The van der Waals surface area contributed by atoms with Gasteiger partial charge in [0.2, 0.25) is 0 Å². The van der Waals surface area contributed by atoms with Gasteiger partial charge in [0.25, 0.3) is 0 Å². The van der Waals surface area contributed by atoms with Gasteiger partial charge in [-0.3, -0.25) is 0 Å². The predicted molar refractivity (Wildman–Crippen MR) is 62.5 cm³/mol. The van der Waals surface area contributed by atoms with Gasteiger partial charge in [-0.15, -0.1) is 11.3 Å². The van der Waals surface area contributed by atoms with Crippen LogP contribution in [0.15, 0.2) is 5.38 Å². The second kappa shape index (κ2) is 4.75. The van der Waals surface area contributed by atoms with E-state index >= 15 is 0 Å². The molecule has 15 heavy (non-hydrogen) atoms. The number of aldehydes is 1. The number of hydrogen-bond donors (Lipinski definition) is 0. The maximum atomic E-state index is 10.8. The monoisotopic (exact) mass is 224 g/mol. The Kier molecular flexibility index (Phi) is 3.36. The van der Waals surface area contributed by atoms with Gasteiger partial charge in [0.05, 0.1) is 5.69 Å². The van der Waals surface area contributed by atoms with Crippen molar-refractivity contribution in [2.45, 2.75) is 26.2 Å². The zero-order valence-electron chi connectivity index (χ0n) is 8.98. The molecule has 0 radical (unpaired) electrons. The Labute approximate surface area is 94.1 Å². The van der Waals surface area contributed by atoms with Crippen molar-refractivity contribution in [3.05, 3.63) is 11.1 Å². The number of aryl methyl sites for hydroxylation is 1. The standard InChI is InChI=1S/C11H16N2OS/c1-2-10-8-15-11(12-10)13-5-3-4-9(6-13)7-14/h7-9H,2-6H2,1H3. The minimum absolute atomic E-state index is 0.202. The smallest absolute Gasteiger partial charge is 0.185 e. The Balaban J connectivity index is 2.06. The lowest BCUT2D eigenvalue weighted by molar-refractivity contribution is -0.111. The lowest BCUT2D eigenvalue weighted by atomic mass is 10.0. The SMILES string of the molecule is CCc1csc(N2CCCC(C=O)C2)n1. The second-order valence-electron chi connectivity index (χ2n) is 3.96. The van der Waals surface area contributed by atoms with Gasteiger partial charge in [-0.1, -0.05) is 6.92 Å². The van der Waals surface area contributed by atoms with E-state index in [1.807, 2.05) is 0 Å². The van der Waals surface area contributed by atoms with Crippen molar-refractivity contribution in [2.24, 2.45) is 5.92 Å². The van der Waals surface area contributed by atoms with E-state index in [4.69, 9.17) is 0 Å². The van der Waals surface area contributed by atoms with E-state index in [9.17, 15) is 4.79 Å². The molecule has 3 nitrogen and oxygen atoms in total. The summed E-state index contributed by atoms with van der Waals surface area (Å²) < 4.78 is 0. The number of aromatic nitrogens is 1. The summed E-state index contributed by atoms with van der Waals surface area (Å²) in [6, 6.07) is 0. The fraction of sp³-hybridized carbons (Fsp3) is 0.636. The van der Waals surface area contributed by atoms with Crippen molar-refractivity contribution in [2.75, 3.05) is 18.0 Å². The molecule has 1 aromatic rings. The fourth-order valence-electron chi connectivity index (χ4n) is 1.90. The lowest BCUT2D eigenvalue weighted by Gasteiger charge is -2.29. The fourth-order valence-corrected chi connectivity index (χ4v) is 2.84. The number of rotatable bonds is 3. The third-order valence-corrected chi connectivity index (χ3v) is 3.77. The van der Waals surface area contributed by atoms with E-state index in [-0.39, 0.29) is 5.92 Å². The van der Waals surface area contributed by atoms with Crippen molar-refractivity contribution in [1.82, 2.24) is 4.98 Å². The van der Waals surface area contributed by atoms with Gasteiger partial charge < -0.3 is 9.69 Å². The van der Waals surface area contributed by atoms with Crippen LogP contribution in [0.5, 0.6) is 0 Å². The van der Waals surface area contributed by atoms with Crippen molar-refractivity contribution in [3.63, 3.8) is 0 Å². The minimum atomic E-state index is 0.202. The number of hydrogen-bond acceptors (Lipinski definition) is 4. The molecular formula is C11H16N2OS. The molecule has 1 aromatic heterocycles. The maximum Gasteiger partial charge on any atom is 0.185 e. The molecule has 1 saturated heterocycles. The van der Waals surface area contributed by atoms with Crippen molar-refractivity contribution < 1.29 is 4.79 Å². The molecule has 0 amide bonds. The van der Waals surface area contributed by atoms with E-state index in [2.05, 4.69) is 22.2 Å². The van der Waals surface area contributed by atoms with Crippen LogP contribution >= 0.6 is 11.3 Å². The Morgan fingerprint density at radius 1 is 1.73 bits per heavy atom. The summed E-state index contributed by atoms with van der Waals surface area (Å²) in [7, 11) is 0. The van der Waals surface area contributed by atoms with Crippen molar-refractivity contribution in [3.8, 4) is 0 Å². The Morgan fingerprint density at radius 3 is 3.27 bits per heavy atom. The molecule has 0 saturated carbocycles. The molecule has 1 aliphatic rings. The third-order valence-electron chi connectivity index (χ3n) is 2.82. The van der Waals surface area contributed by atoms with Crippen LogP contribution in [0.1, 0.15) is 25.5 Å². The van der Waals surface area contributed by atoms with E-state index in [0.29, 0.717) is 0 Å². The first-order valence-electron chi connectivity index (χ1n) is 5.48. The summed E-state index contributed by atoms with van der Waals surface area (Å²) in [6.07, 6.45) is 4.21. The van der Waals surface area contributed by atoms with Crippen molar-refractivity contribution in [1.29, 1.82) is 0 Å². The molecule has 82 valence electrons. The predicted octanol–water partition coefficient (Wildman–Crippen LogP) is 2.12. The summed E-state index contributed by atoms with van der Waals surface area (Å²) in [5, 5.41) is 3.19. The Bertz CT molecular complexity index is 337. The molecular weight excluding hydrogens is 208 g/mol. The van der Waals surface area contributed by atoms with Crippen LogP contribution in [0.3, 0.4) is 0 Å². The summed E-state index contributed by atoms with van der Waals surface area (Å²) in [5.74, 6) is 0.202. The number of piperidine rings is 1. The lowest BCUT2D eigenvalue weighted by Crippen LogP contribution is -2.35. The highest BCUT2D eigenvalue weighted by molar-refractivity contribution is 7.13. The maximum absolute atomic E-state index is 10.8. The highest BCUT2D eigenvalue weighted by Gasteiger charge is 2.21. The zero-order chi connectivity index (χ0) is 10.7. The van der Waals surface area contributed by atoms with Crippen LogP contribution in [-0.4, -0.2) is 24.4 Å². The first-order chi connectivity index (χ1) is 7.33. The normalized spacial score (nSPS) is 21.7. The van der Waals surface area contributed by atoms with Crippen LogP contribution in [0, 0.1) is 5.92 Å². The largest absolute Gasteiger partial charge is 0.347 e. The number of carbonyl (C=O) groups is 1. The molecule has 1 fully saturated rings. The quantitative estimate of drug-likeness (QED) is 0.737. The van der Waals surface area contributed by atoms with Gasteiger partial charge in [0, 0.05) is 24.4 Å². The highest BCUT2D eigenvalue weighted by Crippen LogP contribution is 2.25. The zero-order valence-corrected chi connectivity index (χ0v) is 9.80. The van der Waals surface area contributed by atoms with Crippen LogP contribution in [0.2, 0.25) is 0 Å². The van der Waals surface area contributed by atoms with Gasteiger partial charge in [0.15, 0.2) is 5.13 Å². The molecule has 0 N–H and O–H groups in total. The molecule has 0 bridgehead atoms. The molecule has 0 aliphatic carbocycles. The van der Waals surface area contributed by atoms with Crippen LogP contribution in [-0.2, 0) is 11.2 Å². The molecule has 1 atom stereocenters. The summed E-state index contributed by atoms with van der Waals surface area (Å²) in [6.45, 7) is 4.00. The number of anilines is 1. The molecule has 2 heterocycles. The first-order valence-corrected chi connectivity index (χ1v) is 6.36. The third kappa shape index (κ3) is 2.37. The van der Waals surface area contributed by atoms with E-state index in [1.165, 1.54) is 0 Å². The Hall–Kier alpha value is -0.900. The van der Waals surface area contributed by atoms with E-state index < -0.39 is 0 Å². The van der Waals surface area contributed by atoms with Gasteiger partial charge in [-0.05, 0) is 19.3 Å². The Morgan fingerprint density at radius 2 is 2.60 bits per heavy atom. The van der Waals surface area contributed by atoms with Crippen molar-refractivity contribution >= 4 is 22.8 Å². The molecule has 2 rings (SSSR count). The molecule has 4 heteroatoms. The van der Waals surface area contributed by atoms with Gasteiger partial charge in [-0.2, -0.15) is 0 Å².